The van der Waals surface area contributed by atoms with E-state index in [1.807, 2.05) is 6.07 Å². The van der Waals surface area contributed by atoms with E-state index in [0.29, 0.717) is 30.0 Å². The SMILES string of the molecule is CC(C)C1CCCCC1NC(=O)Cc1ccc(N)cn1.Cl. The number of rotatable bonds is 4. The molecule has 0 aromatic carbocycles. The molecule has 1 aromatic rings. The van der Waals surface area contributed by atoms with Crippen LogP contribution in [0.5, 0.6) is 0 Å². The molecule has 4 nitrogen and oxygen atoms in total. The second-order valence-corrected chi connectivity index (χ2v) is 6.13. The molecule has 1 saturated carbocycles. The molecule has 1 amide bonds. The normalized spacial score (nSPS) is 21.7. The average Bonchev–Trinajstić information content (AvgIpc) is 2.41. The molecule has 1 aliphatic carbocycles. The van der Waals surface area contributed by atoms with Crippen LogP contribution in [0.25, 0.3) is 0 Å². The van der Waals surface area contributed by atoms with Crippen molar-refractivity contribution < 1.29 is 4.79 Å². The molecule has 0 radical (unpaired) electrons. The van der Waals surface area contributed by atoms with Gasteiger partial charge in [0.2, 0.25) is 5.91 Å². The minimum atomic E-state index is 0. The maximum absolute atomic E-state index is 12.2. The number of amides is 1. The van der Waals surface area contributed by atoms with Crippen molar-refractivity contribution in [2.75, 3.05) is 5.73 Å². The summed E-state index contributed by atoms with van der Waals surface area (Å²) in [5.74, 6) is 1.29. The first-order valence-electron chi connectivity index (χ1n) is 7.56. The van der Waals surface area contributed by atoms with Gasteiger partial charge in [0.25, 0.3) is 0 Å². The lowest BCUT2D eigenvalue weighted by Gasteiger charge is -2.34. The van der Waals surface area contributed by atoms with Gasteiger partial charge in [-0.3, -0.25) is 9.78 Å². The van der Waals surface area contributed by atoms with E-state index in [2.05, 4.69) is 24.1 Å². The Morgan fingerprint density at radius 2 is 2.10 bits per heavy atom. The molecule has 1 heterocycles. The molecule has 2 rings (SSSR count). The van der Waals surface area contributed by atoms with Crippen molar-refractivity contribution in [1.82, 2.24) is 10.3 Å². The smallest absolute Gasteiger partial charge is 0.226 e. The number of nitrogens with one attached hydrogen (secondary N) is 1. The molecule has 118 valence electrons. The number of nitrogen functional groups attached to an aromatic ring is 1. The fourth-order valence-corrected chi connectivity index (χ4v) is 3.10. The van der Waals surface area contributed by atoms with E-state index >= 15 is 0 Å². The highest BCUT2D eigenvalue weighted by atomic mass is 35.5. The van der Waals surface area contributed by atoms with E-state index in [4.69, 9.17) is 5.73 Å². The largest absolute Gasteiger partial charge is 0.397 e. The Morgan fingerprint density at radius 1 is 1.38 bits per heavy atom. The number of nitrogens with two attached hydrogens (primary N) is 1. The molecule has 5 heteroatoms. The van der Waals surface area contributed by atoms with Gasteiger partial charge in [0, 0.05) is 11.7 Å². The first-order valence-corrected chi connectivity index (χ1v) is 7.56. The van der Waals surface area contributed by atoms with Gasteiger partial charge in [-0.1, -0.05) is 26.7 Å². The van der Waals surface area contributed by atoms with Gasteiger partial charge in [-0.25, -0.2) is 0 Å². The van der Waals surface area contributed by atoms with Crippen LogP contribution in [0.1, 0.15) is 45.2 Å². The van der Waals surface area contributed by atoms with Crippen LogP contribution in [0.2, 0.25) is 0 Å². The Kier molecular flexibility index (Phi) is 6.96. The third-order valence-corrected chi connectivity index (χ3v) is 4.21. The maximum Gasteiger partial charge on any atom is 0.226 e. The van der Waals surface area contributed by atoms with Crippen LogP contribution in [0.4, 0.5) is 5.69 Å². The zero-order valence-corrected chi connectivity index (χ0v) is 13.7. The Bertz CT molecular complexity index is 447. The molecular formula is C16H26ClN3O. The Labute approximate surface area is 133 Å². The fourth-order valence-electron chi connectivity index (χ4n) is 3.10. The van der Waals surface area contributed by atoms with E-state index < -0.39 is 0 Å². The summed E-state index contributed by atoms with van der Waals surface area (Å²) in [4.78, 5) is 16.3. The monoisotopic (exact) mass is 311 g/mol. The highest BCUT2D eigenvalue weighted by Crippen LogP contribution is 2.30. The second kappa shape index (κ2) is 8.23. The summed E-state index contributed by atoms with van der Waals surface area (Å²) in [6.07, 6.45) is 6.76. The van der Waals surface area contributed by atoms with E-state index in [0.717, 1.165) is 12.1 Å². The molecule has 1 fully saturated rings. The van der Waals surface area contributed by atoms with Crippen molar-refractivity contribution in [3.8, 4) is 0 Å². The molecule has 0 saturated heterocycles. The van der Waals surface area contributed by atoms with Crippen LogP contribution in [-0.4, -0.2) is 16.9 Å². The molecule has 1 aliphatic rings. The number of pyridine rings is 1. The van der Waals surface area contributed by atoms with Gasteiger partial charge in [-0.15, -0.1) is 12.4 Å². The van der Waals surface area contributed by atoms with E-state index in [1.54, 1.807) is 12.3 Å². The van der Waals surface area contributed by atoms with Crippen molar-refractivity contribution in [2.24, 2.45) is 11.8 Å². The van der Waals surface area contributed by atoms with Crippen molar-refractivity contribution in [2.45, 2.75) is 52.0 Å². The van der Waals surface area contributed by atoms with Gasteiger partial charge in [-0.05, 0) is 36.8 Å². The summed E-state index contributed by atoms with van der Waals surface area (Å²) < 4.78 is 0. The second-order valence-electron chi connectivity index (χ2n) is 6.13. The maximum atomic E-state index is 12.2. The van der Waals surface area contributed by atoms with Crippen LogP contribution in [0, 0.1) is 11.8 Å². The topological polar surface area (TPSA) is 68.0 Å². The highest BCUT2D eigenvalue weighted by Gasteiger charge is 2.28. The molecule has 0 aliphatic heterocycles. The van der Waals surface area contributed by atoms with Gasteiger partial charge < -0.3 is 11.1 Å². The van der Waals surface area contributed by atoms with Crippen LogP contribution in [0.3, 0.4) is 0 Å². The van der Waals surface area contributed by atoms with Gasteiger partial charge in [-0.2, -0.15) is 0 Å². The van der Waals surface area contributed by atoms with Crippen molar-refractivity contribution in [3.63, 3.8) is 0 Å². The van der Waals surface area contributed by atoms with Gasteiger partial charge in [0.05, 0.1) is 18.3 Å². The molecule has 1 aromatic heterocycles. The zero-order valence-electron chi connectivity index (χ0n) is 12.8. The fraction of sp³-hybridized carbons (Fsp3) is 0.625. The molecule has 2 atom stereocenters. The Balaban J connectivity index is 0.00000220. The summed E-state index contributed by atoms with van der Waals surface area (Å²) in [5, 5.41) is 3.20. The van der Waals surface area contributed by atoms with Gasteiger partial charge >= 0.3 is 0 Å². The third kappa shape index (κ3) is 5.20. The van der Waals surface area contributed by atoms with Gasteiger partial charge in [0.15, 0.2) is 0 Å². The predicted molar refractivity (Wildman–Crippen MR) is 88.3 cm³/mol. The quantitative estimate of drug-likeness (QED) is 0.898. The molecule has 2 unspecified atom stereocenters. The summed E-state index contributed by atoms with van der Waals surface area (Å²) in [5.41, 5.74) is 6.99. The molecule has 21 heavy (non-hydrogen) atoms. The number of nitrogens with zero attached hydrogens (tertiary/aromatic N) is 1. The van der Waals surface area contributed by atoms with E-state index in [9.17, 15) is 4.79 Å². The number of hydrogen-bond donors (Lipinski definition) is 2. The summed E-state index contributed by atoms with van der Waals surface area (Å²) in [6, 6.07) is 3.92. The molecule has 0 bridgehead atoms. The summed E-state index contributed by atoms with van der Waals surface area (Å²) in [6.45, 7) is 4.49. The summed E-state index contributed by atoms with van der Waals surface area (Å²) in [7, 11) is 0. The molecule has 3 N–H and O–H groups in total. The first kappa shape index (κ1) is 17.8. The van der Waals surface area contributed by atoms with E-state index in [-0.39, 0.29) is 18.3 Å². The lowest BCUT2D eigenvalue weighted by Crippen LogP contribution is -2.44. The van der Waals surface area contributed by atoms with Crippen LogP contribution < -0.4 is 11.1 Å². The number of halogens is 1. The van der Waals surface area contributed by atoms with Crippen molar-refractivity contribution in [3.05, 3.63) is 24.0 Å². The number of anilines is 1. The molecular weight excluding hydrogens is 286 g/mol. The lowest BCUT2D eigenvalue weighted by molar-refractivity contribution is -0.121. The Hall–Kier alpha value is -1.29. The summed E-state index contributed by atoms with van der Waals surface area (Å²) >= 11 is 0. The minimum Gasteiger partial charge on any atom is -0.397 e. The Morgan fingerprint density at radius 3 is 2.71 bits per heavy atom. The highest BCUT2D eigenvalue weighted by molar-refractivity contribution is 5.85. The van der Waals surface area contributed by atoms with Crippen LogP contribution in [0.15, 0.2) is 18.3 Å². The molecule has 0 spiro atoms. The van der Waals surface area contributed by atoms with Crippen LogP contribution in [-0.2, 0) is 11.2 Å². The number of aromatic nitrogens is 1. The van der Waals surface area contributed by atoms with Crippen LogP contribution >= 0.6 is 12.4 Å². The standard InChI is InChI=1S/C16H25N3O.ClH/c1-11(2)14-5-3-4-6-15(14)19-16(20)9-13-8-7-12(17)10-18-13;/h7-8,10-11,14-15H,3-6,9,17H2,1-2H3,(H,19,20);1H. The van der Waals surface area contributed by atoms with E-state index in [1.165, 1.54) is 19.3 Å². The number of hydrogen-bond acceptors (Lipinski definition) is 3. The first-order chi connectivity index (χ1) is 9.56. The number of carbonyl (C=O) groups is 1. The average molecular weight is 312 g/mol. The minimum absolute atomic E-state index is 0. The zero-order chi connectivity index (χ0) is 14.5. The number of carbonyl (C=O) groups excluding carboxylic acids is 1. The van der Waals surface area contributed by atoms with Gasteiger partial charge in [0.1, 0.15) is 0 Å². The van der Waals surface area contributed by atoms with Crippen molar-refractivity contribution >= 4 is 24.0 Å². The predicted octanol–water partition coefficient (Wildman–Crippen LogP) is 2.96. The lowest BCUT2D eigenvalue weighted by atomic mass is 9.78. The third-order valence-electron chi connectivity index (χ3n) is 4.21. The van der Waals surface area contributed by atoms with Crippen molar-refractivity contribution in [1.29, 1.82) is 0 Å².